The maximum Gasteiger partial charge on any atom is 0.257 e. The molecule has 198 valence electrons. The van der Waals surface area contributed by atoms with E-state index in [0.717, 1.165) is 6.42 Å². The van der Waals surface area contributed by atoms with Gasteiger partial charge in [-0.1, -0.05) is 0 Å². The summed E-state index contributed by atoms with van der Waals surface area (Å²) < 4.78 is 17.2. The van der Waals surface area contributed by atoms with Crippen molar-refractivity contribution in [2.45, 2.75) is 12.5 Å². The normalized spacial score (nSPS) is 19.6. The molecule has 1 atom stereocenters. The van der Waals surface area contributed by atoms with E-state index in [4.69, 9.17) is 14.2 Å². The molecule has 3 aliphatic heterocycles. The molecule has 1 aromatic carbocycles. The monoisotopic (exact) mass is 521 g/mol. The number of nitriles is 1. The van der Waals surface area contributed by atoms with Crippen LogP contribution in [-0.2, 0) is 4.74 Å². The number of likely N-dealkylation sites (tertiary alicyclic amines) is 1. The lowest BCUT2D eigenvalue weighted by Crippen LogP contribution is -2.62. The number of nitrogens with zero attached hydrogens (tertiary/aromatic N) is 4. The summed E-state index contributed by atoms with van der Waals surface area (Å²) in [6, 6.07) is 5.58. The van der Waals surface area contributed by atoms with Crippen LogP contribution in [0.25, 0.3) is 11.0 Å². The molecule has 0 spiro atoms. The summed E-state index contributed by atoms with van der Waals surface area (Å²) >= 11 is 0. The van der Waals surface area contributed by atoms with E-state index >= 15 is 0 Å². The topological polar surface area (TPSA) is 178 Å². The van der Waals surface area contributed by atoms with Gasteiger partial charge in [-0.2, -0.15) is 15.2 Å². The van der Waals surface area contributed by atoms with Crippen molar-refractivity contribution in [3.63, 3.8) is 0 Å². The lowest BCUT2D eigenvalue weighted by molar-refractivity contribution is -0.0590. The van der Waals surface area contributed by atoms with Crippen LogP contribution < -0.4 is 20.1 Å². The van der Waals surface area contributed by atoms with Crippen LogP contribution in [0.3, 0.4) is 0 Å². The summed E-state index contributed by atoms with van der Waals surface area (Å²) in [4.78, 5) is 27.0. The summed E-state index contributed by atoms with van der Waals surface area (Å²) in [5.41, 5.74) is 1.10. The molecule has 0 radical (unpaired) electrons. The molecular formula is C25H27N7O6. The molecule has 0 aliphatic carbocycles. The minimum atomic E-state index is -0.676. The van der Waals surface area contributed by atoms with E-state index in [-0.39, 0.29) is 50.8 Å². The highest BCUT2D eigenvalue weighted by Crippen LogP contribution is 2.43. The standard InChI is InChI=1S/C25H27N7O6/c26-7-14-8-27-21-18(14)22(28-15-3-4-36-9-15)31-24(30-21)29-17-2-1-16(19-20(17)38-6-5-37-19)23(35)32-10-25(11-32,12-33)13-34/h1-2,8,15,33-34H,3-6,9-13H2,(H3,27,28,29,30,31)/t15-/m1/s1. The van der Waals surface area contributed by atoms with Crippen LogP contribution in [0.5, 0.6) is 11.5 Å². The van der Waals surface area contributed by atoms with Crippen LogP contribution in [0.4, 0.5) is 17.5 Å². The van der Waals surface area contributed by atoms with Gasteiger partial charge in [0.05, 0.1) is 53.5 Å². The summed E-state index contributed by atoms with van der Waals surface area (Å²) in [7, 11) is 0. The van der Waals surface area contributed by atoms with Gasteiger partial charge >= 0.3 is 0 Å². The van der Waals surface area contributed by atoms with Gasteiger partial charge in [0.2, 0.25) is 5.95 Å². The highest BCUT2D eigenvalue weighted by Gasteiger charge is 2.45. The number of nitrogens with one attached hydrogen (secondary N) is 3. The van der Waals surface area contributed by atoms with Gasteiger partial charge in [0.15, 0.2) is 11.5 Å². The Labute approximate surface area is 217 Å². The van der Waals surface area contributed by atoms with E-state index in [2.05, 4.69) is 31.7 Å². The Bertz CT molecular complexity index is 1420. The first-order valence-electron chi connectivity index (χ1n) is 12.4. The van der Waals surface area contributed by atoms with E-state index in [1.807, 2.05) is 0 Å². The Hall–Kier alpha value is -4.12. The van der Waals surface area contributed by atoms with E-state index in [9.17, 15) is 20.3 Å². The SMILES string of the molecule is N#Cc1c[nH]c2nc(Nc3ccc(C(=O)N4CC(CO)(CO)C4)c4c3OCCO4)nc(N[C@@H]3CCOC3)c12. The number of ether oxygens (including phenoxy) is 3. The van der Waals surface area contributed by atoms with E-state index in [1.165, 1.54) is 0 Å². The summed E-state index contributed by atoms with van der Waals surface area (Å²) in [6.07, 6.45) is 2.42. The molecule has 2 saturated heterocycles. The molecular weight excluding hydrogens is 494 g/mol. The molecule has 3 aromatic rings. The number of hydrogen-bond acceptors (Lipinski definition) is 11. The Balaban J connectivity index is 1.31. The number of fused-ring (bicyclic) bond motifs is 2. The molecule has 0 unspecified atom stereocenters. The number of aliphatic hydroxyl groups is 2. The fourth-order valence-corrected chi connectivity index (χ4v) is 4.97. The van der Waals surface area contributed by atoms with Crippen LogP contribution in [0.1, 0.15) is 22.3 Å². The number of rotatable bonds is 7. The molecule has 13 nitrogen and oxygen atoms in total. The van der Waals surface area contributed by atoms with Gasteiger partial charge in [0.1, 0.15) is 30.7 Å². The average molecular weight is 522 g/mol. The van der Waals surface area contributed by atoms with Crippen LogP contribution in [0.15, 0.2) is 18.3 Å². The third-order valence-electron chi connectivity index (χ3n) is 7.10. The van der Waals surface area contributed by atoms with Crippen LogP contribution in [-0.4, -0.2) is 94.7 Å². The quantitative estimate of drug-likeness (QED) is 0.299. The summed E-state index contributed by atoms with van der Waals surface area (Å²) in [5, 5.41) is 35.8. The lowest BCUT2D eigenvalue weighted by Gasteiger charge is -2.48. The van der Waals surface area contributed by atoms with Gasteiger partial charge in [-0.3, -0.25) is 4.79 Å². The van der Waals surface area contributed by atoms with Gasteiger partial charge in [-0.15, -0.1) is 0 Å². The second-order valence-electron chi connectivity index (χ2n) is 9.76. The first-order valence-corrected chi connectivity index (χ1v) is 12.4. The molecule has 38 heavy (non-hydrogen) atoms. The van der Waals surface area contributed by atoms with Gasteiger partial charge in [-0.05, 0) is 18.6 Å². The predicted octanol–water partition coefficient (Wildman–Crippen LogP) is 0.972. The second kappa shape index (κ2) is 9.64. The average Bonchev–Trinajstić information content (AvgIpc) is 3.58. The van der Waals surface area contributed by atoms with Gasteiger partial charge in [0, 0.05) is 25.9 Å². The number of carbonyl (C=O) groups is 1. The smallest absolute Gasteiger partial charge is 0.257 e. The minimum absolute atomic E-state index is 0.0640. The molecule has 2 fully saturated rings. The number of aliphatic hydroxyl groups excluding tert-OH is 2. The van der Waals surface area contributed by atoms with Gasteiger partial charge < -0.3 is 44.9 Å². The number of amides is 1. The minimum Gasteiger partial charge on any atom is -0.485 e. The van der Waals surface area contributed by atoms with Crippen molar-refractivity contribution in [1.82, 2.24) is 19.9 Å². The van der Waals surface area contributed by atoms with Crippen LogP contribution in [0.2, 0.25) is 0 Å². The van der Waals surface area contributed by atoms with E-state index in [1.54, 1.807) is 23.2 Å². The number of hydrogen-bond donors (Lipinski definition) is 5. The lowest BCUT2D eigenvalue weighted by atomic mass is 9.81. The summed E-state index contributed by atoms with van der Waals surface area (Å²) in [5.74, 6) is 1.18. The first-order chi connectivity index (χ1) is 18.5. The van der Waals surface area contributed by atoms with Crippen molar-refractivity contribution in [3.05, 3.63) is 29.5 Å². The highest BCUT2D eigenvalue weighted by molar-refractivity contribution is 6.00. The molecule has 6 rings (SSSR count). The molecule has 5 heterocycles. The molecule has 13 heteroatoms. The fraction of sp³-hybridized carbons (Fsp3) is 0.440. The molecule has 2 aromatic heterocycles. The third-order valence-corrected chi connectivity index (χ3v) is 7.10. The van der Waals surface area contributed by atoms with Crippen molar-refractivity contribution in [2.75, 3.05) is 63.4 Å². The van der Waals surface area contributed by atoms with Crippen molar-refractivity contribution in [2.24, 2.45) is 5.41 Å². The number of anilines is 3. The van der Waals surface area contributed by atoms with Crippen LogP contribution in [0, 0.1) is 16.7 Å². The maximum absolute atomic E-state index is 13.2. The molecule has 3 aliphatic rings. The molecule has 5 N–H and O–H groups in total. The van der Waals surface area contributed by atoms with Crippen molar-refractivity contribution < 1.29 is 29.2 Å². The Kier molecular flexibility index (Phi) is 6.15. The Morgan fingerprint density at radius 1 is 1.18 bits per heavy atom. The zero-order valence-electron chi connectivity index (χ0n) is 20.5. The zero-order valence-corrected chi connectivity index (χ0v) is 20.5. The van der Waals surface area contributed by atoms with Gasteiger partial charge in [0.25, 0.3) is 5.91 Å². The number of aromatic nitrogens is 3. The molecule has 0 bridgehead atoms. The molecule has 0 saturated carbocycles. The highest BCUT2D eigenvalue weighted by atomic mass is 16.6. The zero-order chi connectivity index (χ0) is 26.3. The summed E-state index contributed by atoms with van der Waals surface area (Å²) in [6.45, 7) is 1.91. The van der Waals surface area contributed by atoms with Crippen molar-refractivity contribution in [3.8, 4) is 17.6 Å². The predicted molar refractivity (Wildman–Crippen MR) is 135 cm³/mol. The number of aromatic amines is 1. The van der Waals surface area contributed by atoms with E-state index < -0.39 is 5.41 Å². The first kappa shape index (κ1) is 24.2. The van der Waals surface area contributed by atoms with Crippen molar-refractivity contribution >= 4 is 34.4 Å². The van der Waals surface area contributed by atoms with Crippen molar-refractivity contribution in [1.29, 1.82) is 5.26 Å². The number of carbonyl (C=O) groups excluding carboxylic acids is 1. The Morgan fingerprint density at radius 2 is 1.97 bits per heavy atom. The number of benzene rings is 1. The van der Waals surface area contributed by atoms with Gasteiger partial charge in [-0.25, -0.2) is 0 Å². The van der Waals surface area contributed by atoms with Crippen LogP contribution >= 0.6 is 0 Å². The second-order valence-corrected chi connectivity index (χ2v) is 9.76. The maximum atomic E-state index is 13.2. The van der Waals surface area contributed by atoms with E-state index in [0.29, 0.717) is 65.0 Å². The number of H-pyrrole nitrogens is 1. The molecule has 1 amide bonds. The largest absolute Gasteiger partial charge is 0.485 e. The fourth-order valence-electron chi connectivity index (χ4n) is 4.97. The Morgan fingerprint density at radius 3 is 2.68 bits per heavy atom. The third kappa shape index (κ3) is 4.12.